The molecule has 0 aliphatic rings. The van der Waals surface area contributed by atoms with Gasteiger partial charge in [-0.15, -0.1) is 0 Å². The van der Waals surface area contributed by atoms with E-state index in [0.717, 1.165) is 23.3 Å². The fourth-order valence-electron chi connectivity index (χ4n) is 2.57. The number of hydrogen-bond donors (Lipinski definition) is 1. The van der Waals surface area contributed by atoms with Gasteiger partial charge in [0, 0.05) is 17.7 Å². The number of rotatable bonds is 9. The normalized spacial score (nSPS) is 11.8. The molecule has 2 aromatic carbocycles. The molecule has 140 valence electrons. The fourth-order valence-corrected chi connectivity index (χ4v) is 2.57. The van der Waals surface area contributed by atoms with Crippen molar-refractivity contribution in [2.24, 2.45) is 0 Å². The number of benzene rings is 2. The van der Waals surface area contributed by atoms with Crippen LogP contribution in [0.4, 0.5) is 4.39 Å². The van der Waals surface area contributed by atoms with Gasteiger partial charge in [-0.05, 0) is 56.2 Å². The van der Waals surface area contributed by atoms with Crippen molar-refractivity contribution in [3.05, 3.63) is 65.0 Å². The van der Waals surface area contributed by atoms with Gasteiger partial charge in [-0.2, -0.15) is 0 Å². The molecule has 0 fully saturated rings. The van der Waals surface area contributed by atoms with Gasteiger partial charge in [0.2, 0.25) is 0 Å². The third kappa shape index (κ3) is 5.56. The maximum absolute atomic E-state index is 13.0. The van der Waals surface area contributed by atoms with E-state index >= 15 is 0 Å². The zero-order valence-corrected chi connectivity index (χ0v) is 15.5. The molecule has 4 nitrogen and oxygen atoms in total. The lowest BCUT2D eigenvalue weighted by atomic mass is 10.1. The third-order valence-corrected chi connectivity index (χ3v) is 3.95. The van der Waals surface area contributed by atoms with Crippen LogP contribution in [0.5, 0.6) is 5.75 Å². The monoisotopic (exact) mass is 359 g/mol. The Morgan fingerprint density at radius 3 is 2.54 bits per heavy atom. The zero-order valence-electron chi connectivity index (χ0n) is 15.5. The number of nitrogens with one attached hydrogen (secondary N) is 1. The largest absolute Gasteiger partial charge is 0.494 e. The van der Waals surface area contributed by atoms with Gasteiger partial charge < -0.3 is 14.8 Å². The lowest BCUT2D eigenvalue weighted by Crippen LogP contribution is -2.26. The molecule has 0 aliphatic carbocycles. The zero-order chi connectivity index (χ0) is 18.9. The lowest BCUT2D eigenvalue weighted by molar-refractivity contribution is 0.0939. The molecule has 0 aliphatic heterocycles. The molecule has 26 heavy (non-hydrogen) atoms. The first-order chi connectivity index (χ1) is 12.5. The van der Waals surface area contributed by atoms with Gasteiger partial charge in [-0.3, -0.25) is 4.79 Å². The highest BCUT2D eigenvalue weighted by atomic mass is 19.1. The first-order valence-corrected chi connectivity index (χ1v) is 8.95. The second-order valence-corrected chi connectivity index (χ2v) is 6.05. The summed E-state index contributed by atoms with van der Waals surface area (Å²) in [5.41, 5.74) is 2.23. The maximum atomic E-state index is 13.0. The van der Waals surface area contributed by atoms with E-state index in [1.807, 2.05) is 20.8 Å². The van der Waals surface area contributed by atoms with Gasteiger partial charge >= 0.3 is 0 Å². The van der Waals surface area contributed by atoms with Gasteiger partial charge in [0.05, 0.1) is 19.3 Å². The Hall–Kier alpha value is -2.40. The van der Waals surface area contributed by atoms with Gasteiger partial charge in [-0.1, -0.05) is 19.1 Å². The van der Waals surface area contributed by atoms with E-state index in [9.17, 15) is 9.18 Å². The molecule has 0 aromatic heterocycles. The predicted molar refractivity (Wildman–Crippen MR) is 99.8 cm³/mol. The minimum absolute atomic E-state index is 0.193. The van der Waals surface area contributed by atoms with Crippen LogP contribution < -0.4 is 10.1 Å². The first-order valence-electron chi connectivity index (χ1n) is 8.95. The molecule has 1 N–H and O–H groups in total. The van der Waals surface area contributed by atoms with Crippen molar-refractivity contribution in [1.29, 1.82) is 0 Å². The molecule has 0 saturated heterocycles. The molecule has 1 atom stereocenters. The highest BCUT2D eigenvalue weighted by Crippen LogP contribution is 2.22. The fraction of sp³-hybridized carbons (Fsp3) is 0.381. The summed E-state index contributed by atoms with van der Waals surface area (Å²) in [7, 11) is 0. The smallest absolute Gasteiger partial charge is 0.251 e. The van der Waals surface area contributed by atoms with Gasteiger partial charge in [0.25, 0.3) is 5.91 Å². The summed E-state index contributed by atoms with van der Waals surface area (Å²) in [6.07, 6.45) is 0.930. The standard InChI is InChI=1S/C21H26FNO3/c1-4-12-25-14-18-13-17(8-11-20(18)26-5-2)21(24)23-15(3)16-6-9-19(22)10-7-16/h6-11,13,15H,4-5,12,14H2,1-3H3,(H,23,24)/t15-/m0/s1. The van der Waals surface area contributed by atoms with Crippen LogP contribution in [0.2, 0.25) is 0 Å². The van der Waals surface area contributed by atoms with Gasteiger partial charge in [0.15, 0.2) is 0 Å². The summed E-state index contributed by atoms with van der Waals surface area (Å²) in [6, 6.07) is 11.2. The van der Waals surface area contributed by atoms with E-state index in [1.165, 1.54) is 12.1 Å². The van der Waals surface area contributed by atoms with Crippen molar-refractivity contribution in [3.8, 4) is 5.75 Å². The average molecular weight is 359 g/mol. The molecule has 2 rings (SSSR count). The van der Waals surface area contributed by atoms with E-state index in [0.29, 0.717) is 25.4 Å². The van der Waals surface area contributed by atoms with Crippen LogP contribution in [0.1, 0.15) is 54.7 Å². The number of ether oxygens (including phenoxy) is 2. The van der Waals surface area contributed by atoms with Crippen LogP contribution in [0.3, 0.4) is 0 Å². The molecule has 0 bridgehead atoms. The maximum Gasteiger partial charge on any atom is 0.251 e. The minimum atomic E-state index is -0.296. The quantitative estimate of drug-likeness (QED) is 0.664. The van der Waals surface area contributed by atoms with E-state index < -0.39 is 0 Å². The van der Waals surface area contributed by atoms with Crippen molar-refractivity contribution in [2.75, 3.05) is 13.2 Å². The molecule has 0 spiro atoms. The van der Waals surface area contributed by atoms with Gasteiger partial charge in [-0.25, -0.2) is 4.39 Å². The topological polar surface area (TPSA) is 47.6 Å². The summed E-state index contributed by atoms with van der Waals surface area (Å²) in [5.74, 6) is 0.240. The highest BCUT2D eigenvalue weighted by molar-refractivity contribution is 5.94. The van der Waals surface area contributed by atoms with Crippen molar-refractivity contribution in [3.63, 3.8) is 0 Å². The van der Waals surface area contributed by atoms with Crippen molar-refractivity contribution in [1.82, 2.24) is 5.32 Å². The van der Waals surface area contributed by atoms with Crippen molar-refractivity contribution >= 4 is 5.91 Å². The molecule has 0 saturated carbocycles. The van der Waals surface area contributed by atoms with Crippen LogP contribution in [0, 0.1) is 5.82 Å². The summed E-state index contributed by atoms with van der Waals surface area (Å²) in [5, 5.41) is 2.93. The molecular formula is C21H26FNO3. The van der Waals surface area contributed by atoms with Gasteiger partial charge in [0.1, 0.15) is 11.6 Å². The Labute approximate surface area is 154 Å². The number of carbonyl (C=O) groups is 1. The van der Waals surface area contributed by atoms with E-state index in [-0.39, 0.29) is 17.8 Å². The third-order valence-electron chi connectivity index (χ3n) is 3.95. The molecular weight excluding hydrogens is 333 g/mol. The number of hydrogen-bond acceptors (Lipinski definition) is 3. The summed E-state index contributed by atoms with van der Waals surface area (Å²) >= 11 is 0. The van der Waals surface area contributed by atoms with Crippen LogP contribution in [0.15, 0.2) is 42.5 Å². The van der Waals surface area contributed by atoms with Crippen molar-refractivity contribution < 1.29 is 18.7 Å². The Bertz CT molecular complexity index is 716. The summed E-state index contributed by atoms with van der Waals surface area (Å²) in [6.45, 7) is 7.44. The Kier molecular flexibility index (Phi) is 7.60. The van der Waals surface area contributed by atoms with Crippen molar-refractivity contribution in [2.45, 2.75) is 39.8 Å². The van der Waals surface area contributed by atoms with E-state index in [1.54, 1.807) is 30.3 Å². The highest BCUT2D eigenvalue weighted by Gasteiger charge is 2.14. The van der Waals surface area contributed by atoms with E-state index in [4.69, 9.17) is 9.47 Å². The number of halogens is 1. The van der Waals surface area contributed by atoms with Crippen LogP contribution in [0.25, 0.3) is 0 Å². The Morgan fingerprint density at radius 1 is 1.15 bits per heavy atom. The SMILES string of the molecule is CCCOCc1cc(C(=O)N[C@@H](C)c2ccc(F)cc2)ccc1OCC. The molecule has 1 amide bonds. The van der Waals surface area contributed by atoms with Crippen LogP contribution in [-0.4, -0.2) is 19.1 Å². The number of amides is 1. The lowest BCUT2D eigenvalue weighted by Gasteiger charge is -2.16. The second kappa shape index (κ2) is 9.92. The summed E-state index contributed by atoms with van der Waals surface area (Å²) in [4.78, 5) is 12.6. The second-order valence-electron chi connectivity index (χ2n) is 6.05. The number of carbonyl (C=O) groups excluding carboxylic acids is 1. The van der Waals surface area contributed by atoms with E-state index in [2.05, 4.69) is 5.32 Å². The first kappa shape index (κ1) is 19.9. The Balaban J connectivity index is 2.11. The molecule has 0 radical (unpaired) electrons. The van der Waals surface area contributed by atoms with Crippen LogP contribution >= 0.6 is 0 Å². The minimum Gasteiger partial charge on any atom is -0.494 e. The predicted octanol–water partition coefficient (Wildman–Crippen LogP) is 4.64. The average Bonchev–Trinajstić information content (AvgIpc) is 2.63. The molecule has 0 unspecified atom stereocenters. The molecule has 5 heteroatoms. The molecule has 0 heterocycles. The van der Waals surface area contributed by atoms with Crippen LogP contribution in [-0.2, 0) is 11.3 Å². The summed E-state index contributed by atoms with van der Waals surface area (Å²) < 4.78 is 24.3. The molecule has 2 aromatic rings. The Morgan fingerprint density at radius 2 is 1.88 bits per heavy atom.